The Labute approximate surface area is 146 Å². The Kier molecular flexibility index (Phi) is 6.31. The van der Waals surface area contributed by atoms with Crippen LogP contribution in [-0.4, -0.2) is 28.9 Å². The van der Waals surface area contributed by atoms with Crippen molar-refractivity contribution in [3.8, 4) is 0 Å². The predicted octanol–water partition coefficient (Wildman–Crippen LogP) is 3.04. The van der Waals surface area contributed by atoms with Crippen LogP contribution in [0.15, 0.2) is 24.3 Å². The molecule has 2 amide bonds. The SMILES string of the molecule is CC(C)(C)NC(=O)CNC(=O)CCCCc1nc2ccccc2s1. The smallest absolute Gasteiger partial charge is 0.239 e. The topological polar surface area (TPSA) is 71.1 Å². The molecule has 0 radical (unpaired) electrons. The number of fused-ring (bicyclic) bond motifs is 1. The van der Waals surface area contributed by atoms with Gasteiger partial charge in [0.05, 0.1) is 21.8 Å². The monoisotopic (exact) mass is 347 g/mol. The second kappa shape index (κ2) is 8.24. The Morgan fingerprint density at radius 3 is 2.58 bits per heavy atom. The molecule has 24 heavy (non-hydrogen) atoms. The van der Waals surface area contributed by atoms with Crippen LogP contribution in [0.4, 0.5) is 0 Å². The maximum atomic E-state index is 11.8. The summed E-state index contributed by atoms with van der Waals surface area (Å²) in [5, 5.41) is 6.59. The Morgan fingerprint density at radius 1 is 1.12 bits per heavy atom. The number of unbranched alkanes of at least 4 members (excludes halogenated alkanes) is 1. The number of thiazole rings is 1. The van der Waals surface area contributed by atoms with E-state index in [-0.39, 0.29) is 23.9 Å². The van der Waals surface area contributed by atoms with E-state index in [1.54, 1.807) is 11.3 Å². The van der Waals surface area contributed by atoms with E-state index in [0.29, 0.717) is 6.42 Å². The van der Waals surface area contributed by atoms with E-state index in [1.807, 2.05) is 39.0 Å². The molecule has 2 rings (SSSR count). The summed E-state index contributed by atoms with van der Waals surface area (Å²) >= 11 is 1.71. The molecule has 0 aliphatic heterocycles. The summed E-state index contributed by atoms with van der Waals surface area (Å²) in [4.78, 5) is 28.0. The molecule has 0 fully saturated rings. The summed E-state index contributed by atoms with van der Waals surface area (Å²) < 4.78 is 1.20. The van der Waals surface area contributed by atoms with Gasteiger partial charge >= 0.3 is 0 Å². The van der Waals surface area contributed by atoms with Gasteiger partial charge in [-0.15, -0.1) is 11.3 Å². The first-order chi connectivity index (χ1) is 11.3. The van der Waals surface area contributed by atoms with Crippen LogP contribution in [0.1, 0.15) is 45.0 Å². The number of nitrogens with zero attached hydrogens (tertiary/aromatic N) is 1. The van der Waals surface area contributed by atoms with Crippen LogP contribution in [0.3, 0.4) is 0 Å². The maximum absolute atomic E-state index is 11.8. The average molecular weight is 347 g/mol. The van der Waals surface area contributed by atoms with Crippen LogP contribution in [0.2, 0.25) is 0 Å². The van der Waals surface area contributed by atoms with E-state index in [4.69, 9.17) is 0 Å². The molecule has 1 heterocycles. The number of aromatic nitrogens is 1. The van der Waals surface area contributed by atoms with Gasteiger partial charge in [-0.1, -0.05) is 12.1 Å². The Hall–Kier alpha value is -1.95. The van der Waals surface area contributed by atoms with Crippen molar-refractivity contribution in [3.05, 3.63) is 29.3 Å². The van der Waals surface area contributed by atoms with Crippen molar-refractivity contribution in [1.29, 1.82) is 0 Å². The molecule has 0 aliphatic rings. The molecular weight excluding hydrogens is 322 g/mol. The molecule has 2 aromatic rings. The number of hydrogen-bond donors (Lipinski definition) is 2. The Balaban J connectivity index is 1.63. The minimum Gasteiger partial charge on any atom is -0.350 e. The molecule has 0 bridgehead atoms. The first-order valence-corrected chi connectivity index (χ1v) is 9.07. The molecule has 0 aliphatic carbocycles. The summed E-state index contributed by atoms with van der Waals surface area (Å²) in [5.41, 5.74) is 0.763. The van der Waals surface area contributed by atoms with Crippen molar-refractivity contribution in [2.45, 2.75) is 52.0 Å². The third kappa shape index (κ3) is 6.28. The number of rotatable bonds is 7. The first-order valence-electron chi connectivity index (χ1n) is 8.26. The highest BCUT2D eigenvalue weighted by Gasteiger charge is 2.14. The van der Waals surface area contributed by atoms with E-state index in [2.05, 4.69) is 21.7 Å². The predicted molar refractivity (Wildman–Crippen MR) is 98.1 cm³/mol. The van der Waals surface area contributed by atoms with Gasteiger partial charge in [0, 0.05) is 12.0 Å². The van der Waals surface area contributed by atoms with Crippen LogP contribution in [0.25, 0.3) is 10.2 Å². The van der Waals surface area contributed by atoms with Crippen molar-refractivity contribution in [2.24, 2.45) is 0 Å². The van der Waals surface area contributed by atoms with E-state index in [9.17, 15) is 9.59 Å². The van der Waals surface area contributed by atoms with Crippen LogP contribution in [0, 0.1) is 0 Å². The van der Waals surface area contributed by atoms with Gasteiger partial charge in [0.25, 0.3) is 0 Å². The van der Waals surface area contributed by atoms with Crippen LogP contribution in [0.5, 0.6) is 0 Å². The van der Waals surface area contributed by atoms with Crippen LogP contribution < -0.4 is 10.6 Å². The summed E-state index contributed by atoms with van der Waals surface area (Å²) in [7, 11) is 0. The van der Waals surface area contributed by atoms with Crippen molar-refractivity contribution in [1.82, 2.24) is 15.6 Å². The number of hydrogen-bond acceptors (Lipinski definition) is 4. The van der Waals surface area contributed by atoms with Gasteiger partial charge in [-0.25, -0.2) is 4.98 Å². The molecule has 130 valence electrons. The number of carbonyl (C=O) groups excluding carboxylic acids is 2. The van der Waals surface area contributed by atoms with Gasteiger partial charge in [0.15, 0.2) is 0 Å². The second-order valence-corrected chi connectivity index (χ2v) is 7.97. The molecule has 0 spiro atoms. The van der Waals surface area contributed by atoms with Gasteiger partial charge in [0.1, 0.15) is 0 Å². The van der Waals surface area contributed by atoms with Gasteiger partial charge in [-0.3, -0.25) is 9.59 Å². The molecule has 6 heteroatoms. The summed E-state index contributed by atoms with van der Waals surface area (Å²) in [6.45, 7) is 5.77. The zero-order valence-electron chi connectivity index (χ0n) is 14.5. The second-order valence-electron chi connectivity index (χ2n) is 6.86. The molecule has 0 saturated carbocycles. The number of benzene rings is 1. The third-order valence-corrected chi connectivity index (χ3v) is 4.44. The molecule has 0 unspecified atom stereocenters. The van der Waals surface area contributed by atoms with E-state index >= 15 is 0 Å². The fourth-order valence-electron chi connectivity index (χ4n) is 2.32. The molecule has 1 aromatic heterocycles. The van der Waals surface area contributed by atoms with E-state index in [1.165, 1.54) is 4.70 Å². The third-order valence-electron chi connectivity index (χ3n) is 3.34. The van der Waals surface area contributed by atoms with Crippen LogP contribution >= 0.6 is 11.3 Å². The summed E-state index contributed by atoms with van der Waals surface area (Å²) in [6, 6.07) is 8.11. The van der Waals surface area contributed by atoms with Gasteiger partial charge in [-0.2, -0.15) is 0 Å². The standard InChI is InChI=1S/C18H25N3O2S/c1-18(2,3)21-16(23)12-19-15(22)10-6-7-11-17-20-13-8-4-5-9-14(13)24-17/h4-5,8-9H,6-7,10-12H2,1-3H3,(H,19,22)(H,21,23). The highest BCUT2D eigenvalue weighted by atomic mass is 32.1. The zero-order chi connectivity index (χ0) is 17.6. The largest absolute Gasteiger partial charge is 0.350 e. The van der Waals surface area contributed by atoms with Crippen LogP contribution in [-0.2, 0) is 16.0 Å². The molecule has 2 N–H and O–H groups in total. The fourth-order valence-corrected chi connectivity index (χ4v) is 3.33. The molecule has 5 nitrogen and oxygen atoms in total. The first kappa shape index (κ1) is 18.4. The fraction of sp³-hybridized carbons (Fsp3) is 0.500. The number of nitrogens with one attached hydrogen (secondary N) is 2. The average Bonchev–Trinajstić information content (AvgIpc) is 2.90. The molecule has 0 saturated heterocycles. The van der Waals surface area contributed by atoms with Crippen molar-refractivity contribution in [3.63, 3.8) is 0 Å². The lowest BCUT2D eigenvalue weighted by molar-refractivity contribution is -0.126. The van der Waals surface area contributed by atoms with Gasteiger partial charge in [0.2, 0.25) is 11.8 Å². The Morgan fingerprint density at radius 2 is 1.88 bits per heavy atom. The molecular formula is C18H25N3O2S. The van der Waals surface area contributed by atoms with Crippen molar-refractivity contribution >= 4 is 33.4 Å². The number of amides is 2. The lowest BCUT2D eigenvalue weighted by atomic mass is 10.1. The van der Waals surface area contributed by atoms with E-state index < -0.39 is 0 Å². The lowest BCUT2D eigenvalue weighted by Gasteiger charge is -2.20. The summed E-state index contributed by atoms with van der Waals surface area (Å²) in [6.07, 6.45) is 3.04. The number of aryl methyl sites for hydroxylation is 1. The quantitative estimate of drug-likeness (QED) is 0.756. The summed E-state index contributed by atoms with van der Waals surface area (Å²) in [5.74, 6) is -0.242. The zero-order valence-corrected chi connectivity index (χ0v) is 15.3. The maximum Gasteiger partial charge on any atom is 0.239 e. The highest BCUT2D eigenvalue weighted by molar-refractivity contribution is 7.18. The highest BCUT2D eigenvalue weighted by Crippen LogP contribution is 2.22. The van der Waals surface area contributed by atoms with Crippen molar-refractivity contribution in [2.75, 3.05) is 6.54 Å². The minimum absolute atomic E-state index is 0.0357. The Bertz CT molecular complexity index is 671. The number of carbonyl (C=O) groups is 2. The van der Waals surface area contributed by atoms with E-state index in [0.717, 1.165) is 29.8 Å². The number of para-hydroxylation sites is 1. The molecule has 1 aromatic carbocycles. The van der Waals surface area contributed by atoms with Gasteiger partial charge < -0.3 is 10.6 Å². The lowest BCUT2D eigenvalue weighted by Crippen LogP contribution is -2.45. The minimum atomic E-state index is -0.279. The normalized spacial score (nSPS) is 11.5. The van der Waals surface area contributed by atoms with Crippen molar-refractivity contribution < 1.29 is 9.59 Å². The molecule has 0 atom stereocenters. The van der Waals surface area contributed by atoms with Gasteiger partial charge in [-0.05, 0) is 52.2 Å².